The summed E-state index contributed by atoms with van der Waals surface area (Å²) in [7, 11) is 0. The molecule has 0 spiro atoms. The Labute approximate surface area is 121 Å². The van der Waals surface area contributed by atoms with E-state index in [-0.39, 0.29) is 5.54 Å². The van der Waals surface area contributed by atoms with Crippen molar-refractivity contribution in [1.82, 2.24) is 9.55 Å². The van der Waals surface area contributed by atoms with Crippen molar-refractivity contribution in [3.8, 4) is 0 Å². The van der Waals surface area contributed by atoms with E-state index in [2.05, 4.69) is 16.5 Å². The van der Waals surface area contributed by atoms with Gasteiger partial charge in [-0.25, -0.2) is 4.98 Å². The maximum absolute atomic E-state index is 6.12. The molecule has 0 bridgehead atoms. The lowest BCUT2D eigenvalue weighted by molar-refractivity contribution is 0.171. The maximum atomic E-state index is 6.12. The van der Waals surface area contributed by atoms with Gasteiger partial charge in [0.1, 0.15) is 5.82 Å². The number of aromatic nitrogens is 2. The lowest BCUT2D eigenvalue weighted by Crippen LogP contribution is -2.38. The van der Waals surface area contributed by atoms with Crippen LogP contribution in [0.2, 0.25) is 10.0 Å². The third-order valence-electron chi connectivity index (χ3n) is 3.86. The van der Waals surface area contributed by atoms with Crippen molar-refractivity contribution in [2.24, 2.45) is 0 Å². The highest BCUT2D eigenvalue weighted by molar-refractivity contribution is 6.42. The molecule has 1 aromatic carbocycles. The molecule has 1 fully saturated rings. The summed E-state index contributed by atoms with van der Waals surface area (Å²) in [6, 6.07) is 3.71. The van der Waals surface area contributed by atoms with Crippen LogP contribution >= 0.6 is 34.8 Å². The van der Waals surface area contributed by atoms with Gasteiger partial charge in [-0.2, -0.15) is 0 Å². The number of fused-ring (bicyclic) bond motifs is 1. The van der Waals surface area contributed by atoms with Crippen molar-refractivity contribution in [3.63, 3.8) is 0 Å². The van der Waals surface area contributed by atoms with Crippen LogP contribution in [-0.2, 0) is 11.4 Å². The quantitative estimate of drug-likeness (QED) is 0.715. The zero-order chi connectivity index (χ0) is 12.9. The third-order valence-corrected chi connectivity index (χ3v) is 4.82. The van der Waals surface area contributed by atoms with Gasteiger partial charge >= 0.3 is 0 Å². The SMILES string of the molecule is CC1(n2c(CCl)nc3cc(Cl)c(Cl)cc32)CCC1. The van der Waals surface area contributed by atoms with E-state index < -0.39 is 0 Å². The van der Waals surface area contributed by atoms with Crippen LogP contribution in [0.3, 0.4) is 0 Å². The van der Waals surface area contributed by atoms with Crippen LogP contribution in [0.4, 0.5) is 0 Å². The number of rotatable bonds is 2. The lowest BCUT2D eigenvalue weighted by Gasteiger charge is -2.41. The van der Waals surface area contributed by atoms with Crippen LogP contribution in [-0.4, -0.2) is 9.55 Å². The normalized spacial score (nSPS) is 18.0. The maximum Gasteiger partial charge on any atom is 0.125 e. The second-order valence-corrected chi connectivity index (χ2v) is 6.18. The average Bonchev–Trinajstić information content (AvgIpc) is 2.65. The summed E-state index contributed by atoms with van der Waals surface area (Å²) < 4.78 is 2.24. The highest BCUT2D eigenvalue weighted by Crippen LogP contribution is 2.42. The first-order valence-electron chi connectivity index (χ1n) is 5.98. The Bertz CT molecular complexity index is 614. The Morgan fingerprint density at radius 1 is 1.28 bits per heavy atom. The minimum Gasteiger partial charge on any atom is -0.321 e. The molecule has 0 radical (unpaired) electrons. The summed E-state index contributed by atoms with van der Waals surface area (Å²) in [4.78, 5) is 4.57. The molecule has 0 aliphatic heterocycles. The van der Waals surface area contributed by atoms with Crippen molar-refractivity contribution >= 4 is 45.8 Å². The minimum atomic E-state index is 0.121. The van der Waals surface area contributed by atoms with Crippen LogP contribution in [0, 0.1) is 0 Å². The number of hydrogen-bond donors (Lipinski definition) is 0. The molecule has 0 amide bonds. The highest BCUT2D eigenvalue weighted by atomic mass is 35.5. The van der Waals surface area contributed by atoms with Gasteiger partial charge in [0.2, 0.25) is 0 Å². The molecule has 5 heteroatoms. The lowest BCUT2D eigenvalue weighted by atomic mass is 9.78. The van der Waals surface area contributed by atoms with Gasteiger partial charge < -0.3 is 4.57 Å². The van der Waals surface area contributed by atoms with Crippen LogP contribution in [0.25, 0.3) is 11.0 Å². The zero-order valence-electron chi connectivity index (χ0n) is 10.0. The van der Waals surface area contributed by atoms with E-state index in [4.69, 9.17) is 34.8 Å². The molecule has 0 saturated heterocycles. The minimum absolute atomic E-state index is 0.121. The smallest absolute Gasteiger partial charge is 0.125 e. The van der Waals surface area contributed by atoms with Crippen molar-refractivity contribution in [2.75, 3.05) is 0 Å². The van der Waals surface area contributed by atoms with Crippen LogP contribution in [0.5, 0.6) is 0 Å². The molecule has 2 aromatic rings. The molecule has 1 heterocycles. The fraction of sp³-hybridized carbons (Fsp3) is 0.462. The second kappa shape index (κ2) is 4.29. The van der Waals surface area contributed by atoms with E-state index in [1.54, 1.807) is 0 Å². The molecule has 1 saturated carbocycles. The molecule has 0 unspecified atom stereocenters. The number of halogens is 3. The summed E-state index contributed by atoms with van der Waals surface area (Å²) in [6.07, 6.45) is 3.56. The van der Waals surface area contributed by atoms with E-state index >= 15 is 0 Å². The third kappa shape index (κ3) is 1.74. The first-order valence-corrected chi connectivity index (χ1v) is 7.27. The molecule has 18 heavy (non-hydrogen) atoms. The molecular weight excluding hydrogens is 291 g/mol. The van der Waals surface area contributed by atoms with Gasteiger partial charge in [-0.05, 0) is 38.3 Å². The number of alkyl halides is 1. The van der Waals surface area contributed by atoms with Crippen molar-refractivity contribution < 1.29 is 0 Å². The van der Waals surface area contributed by atoms with E-state index in [0.717, 1.165) is 29.7 Å². The van der Waals surface area contributed by atoms with Gasteiger partial charge in [0.05, 0.1) is 27.0 Å². The van der Waals surface area contributed by atoms with Gasteiger partial charge in [0, 0.05) is 5.54 Å². The predicted molar refractivity (Wildman–Crippen MR) is 76.8 cm³/mol. The molecular formula is C13H13Cl3N2. The Morgan fingerprint density at radius 3 is 2.50 bits per heavy atom. The number of nitrogens with zero attached hydrogens (tertiary/aromatic N) is 2. The van der Waals surface area contributed by atoms with Crippen molar-refractivity contribution in [3.05, 3.63) is 28.0 Å². The topological polar surface area (TPSA) is 17.8 Å². The van der Waals surface area contributed by atoms with Crippen LogP contribution in [0.15, 0.2) is 12.1 Å². The monoisotopic (exact) mass is 302 g/mol. The van der Waals surface area contributed by atoms with Gasteiger partial charge in [-0.1, -0.05) is 23.2 Å². The molecule has 0 N–H and O–H groups in total. The molecule has 3 rings (SSSR count). The summed E-state index contributed by atoms with van der Waals surface area (Å²) >= 11 is 18.2. The molecule has 1 aliphatic carbocycles. The Morgan fingerprint density at radius 2 is 1.94 bits per heavy atom. The Balaban J connectivity index is 2.30. The Kier molecular flexibility index (Phi) is 3.00. The fourth-order valence-corrected chi connectivity index (χ4v) is 3.22. The number of imidazole rings is 1. The first kappa shape index (κ1) is 12.6. The summed E-state index contributed by atoms with van der Waals surface area (Å²) in [6.45, 7) is 2.25. The largest absolute Gasteiger partial charge is 0.321 e. The van der Waals surface area contributed by atoms with Gasteiger partial charge in [0.25, 0.3) is 0 Å². The highest BCUT2D eigenvalue weighted by Gasteiger charge is 2.36. The van der Waals surface area contributed by atoms with Crippen molar-refractivity contribution in [1.29, 1.82) is 0 Å². The van der Waals surface area contributed by atoms with E-state index in [1.165, 1.54) is 6.42 Å². The van der Waals surface area contributed by atoms with Crippen LogP contribution < -0.4 is 0 Å². The standard InChI is InChI=1S/C13H13Cl3N2/c1-13(3-2-4-13)18-11-6-9(16)8(15)5-10(11)17-12(18)7-14/h5-6H,2-4,7H2,1H3. The van der Waals surface area contributed by atoms with Crippen molar-refractivity contribution in [2.45, 2.75) is 37.6 Å². The molecule has 1 aromatic heterocycles. The summed E-state index contributed by atoms with van der Waals surface area (Å²) in [5.74, 6) is 1.30. The second-order valence-electron chi connectivity index (χ2n) is 5.10. The molecule has 96 valence electrons. The molecule has 1 aliphatic rings. The summed E-state index contributed by atoms with van der Waals surface area (Å²) in [5, 5.41) is 1.10. The molecule has 2 nitrogen and oxygen atoms in total. The Hall–Kier alpha value is -0.440. The van der Waals surface area contributed by atoms with Gasteiger partial charge in [0.15, 0.2) is 0 Å². The van der Waals surface area contributed by atoms with E-state index in [0.29, 0.717) is 15.9 Å². The van der Waals surface area contributed by atoms with E-state index in [9.17, 15) is 0 Å². The summed E-state index contributed by atoms with van der Waals surface area (Å²) in [5.41, 5.74) is 2.02. The van der Waals surface area contributed by atoms with Gasteiger partial charge in [-0.3, -0.25) is 0 Å². The average molecular weight is 304 g/mol. The molecule has 0 atom stereocenters. The fourth-order valence-electron chi connectivity index (χ4n) is 2.73. The predicted octanol–water partition coefficient (Wildman–Crippen LogP) is 4.98. The zero-order valence-corrected chi connectivity index (χ0v) is 12.3. The first-order chi connectivity index (χ1) is 8.55. The van der Waals surface area contributed by atoms with Crippen LogP contribution in [0.1, 0.15) is 32.0 Å². The number of benzene rings is 1. The number of hydrogen-bond acceptors (Lipinski definition) is 1. The van der Waals surface area contributed by atoms with E-state index in [1.807, 2.05) is 12.1 Å². The van der Waals surface area contributed by atoms with Gasteiger partial charge in [-0.15, -0.1) is 11.6 Å².